The maximum absolute atomic E-state index is 11.5. The van der Waals surface area contributed by atoms with Crippen LogP contribution in [0.1, 0.15) is 34.6 Å². The van der Waals surface area contributed by atoms with Gasteiger partial charge in [-0.1, -0.05) is 0 Å². The Morgan fingerprint density at radius 2 is 1.87 bits per heavy atom. The second-order valence-electron chi connectivity index (χ2n) is 4.11. The standard InChI is InChI=1S/C11H24N2O2/c1-6-15-7-9(4)13-10(5)11(14)12-8(2)3/h8-10,13H,6-7H2,1-5H3,(H,12,14). The van der Waals surface area contributed by atoms with Crippen molar-refractivity contribution >= 4 is 5.91 Å². The van der Waals surface area contributed by atoms with Gasteiger partial charge < -0.3 is 15.4 Å². The third kappa shape index (κ3) is 7.33. The summed E-state index contributed by atoms with van der Waals surface area (Å²) in [5.41, 5.74) is 0. The topological polar surface area (TPSA) is 50.4 Å². The molecule has 0 heterocycles. The summed E-state index contributed by atoms with van der Waals surface area (Å²) < 4.78 is 5.26. The molecule has 4 nitrogen and oxygen atoms in total. The minimum Gasteiger partial charge on any atom is -0.380 e. The Labute approximate surface area is 92.8 Å². The number of hydrogen-bond donors (Lipinski definition) is 2. The predicted molar refractivity (Wildman–Crippen MR) is 61.8 cm³/mol. The van der Waals surface area contributed by atoms with Crippen LogP contribution in [0.3, 0.4) is 0 Å². The molecule has 90 valence electrons. The highest BCUT2D eigenvalue weighted by Crippen LogP contribution is 1.91. The van der Waals surface area contributed by atoms with Gasteiger partial charge in [-0.2, -0.15) is 0 Å². The van der Waals surface area contributed by atoms with Crippen molar-refractivity contribution in [3.63, 3.8) is 0 Å². The Morgan fingerprint density at radius 3 is 2.33 bits per heavy atom. The van der Waals surface area contributed by atoms with E-state index in [9.17, 15) is 4.79 Å². The Balaban J connectivity index is 3.80. The van der Waals surface area contributed by atoms with Crippen LogP contribution in [0.15, 0.2) is 0 Å². The van der Waals surface area contributed by atoms with Gasteiger partial charge in [0.05, 0.1) is 12.6 Å². The molecule has 15 heavy (non-hydrogen) atoms. The lowest BCUT2D eigenvalue weighted by Gasteiger charge is -2.20. The average molecular weight is 216 g/mol. The third-order valence-corrected chi connectivity index (χ3v) is 1.93. The van der Waals surface area contributed by atoms with Gasteiger partial charge in [-0.05, 0) is 34.6 Å². The van der Waals surface area contributed by atoms with Gasteiger partial charge in [-0.25, -0.2) is 0 Å². The minimum absolute atomic E-state index is 0.0355. The summed E-state index contributed by atoms with van der Waals surface area (Å²) in [6.07, 6.45) is 0. The normalized spacial score (nSPS) is 15.1. The van der Waals surface area contributed by atoms with E-state index in [0.717, 1.165) is 0 Å². The second kappa shape index (κ2) is 7.65. The number of amides is 1. The fourth-order valence-electron chi connectivity index (χ4n) is 1.25. The van der Waals surface area contributed by atoms with Gasteiger partial charge in [0.2, 0.25) is 5.91 Å². The first-order chi connectivity index (χ1) is 6.97. The minimum atomic E-state index is -0.178. The zero-order chi connectivity index (χ0) is 11.8. The molecule has 0 aliphatic rings. The summed E-state index contributed by atoms with van der Waals surface area (Å²) in [7, 11) is 0. The van der Waals surface area contributed by atoms with Gasteiger partial charge in [-0.15, -0.1) is 0 Å². The SMILES string of the molecule is CCOCC(C)NC(C)C(=O)NC(C)C. The highest BCUT2D eigenvalue weighted by Gasteiger charge is 2.15. The van der Waals surface area contributed by atoms with E-state index in [1.165, 1.54) is 0 Å². The lowest BCUT2D eigenvalue weighted by atomic mass is 10.2. The Morgan fingerprint density at radius 1 is 1.27 bits per heavy atom. The number of rotatable bonds is 7. The van der Waals surface area contributed by atoms with Crippen molar-refractivity contribution < 1.29 is 9.53 Å². The van der Waals surface area contributed by atoms with E-state index in [-0.39, 0.29) is 24.0 Å². The van der Waals surface area contributed by atoms with Crippen LogP contribution in [0, 0.1) is 0 Å². The Bertz CT molecular complexity index is 183. The second-order valence-corrected chi connectivity index (χ2v) is 4.11. The molecular weight excluding hydrogens is 192 g/mol. The first-order valence-electron chi connectivity index (χ1n) is 5.61. The summed E-state index contributed by atoms with van der Waals surface area (Å²) in [6.45, 7) is 11.1. The summed E-state index contributed by atoms with van der Waals surface area (Å²) in [5, 5.41) is 6.04. The molecule has 2 unspecified atom stereocenters. The summed E-state index contributed by atoms with van der Waals surface area (Å²) in [5.74, 6) is 0.0355. The largest absolute Gasteiger partial charge is 0.380 e. The van der Waals surface area contributed by atoms with Crippen molar-refractivity contribution in [2.75, 3.05) is 13.2 Å². The predicted octanol–water partition coefficient (Wildman–Crippen LogP) is 0.914. The smallest absolute Gasteiger partial charge is 0.237 e. The average Bonchev–Trinajstić information content (AvgIpc) is 2.13. The fraction of sp³-hybridized carbons (Fsp3) is 0.909. The van der Waals surface area contributed by atoms with E-state index < -0.39 is 0 Å². The van der Waals surface area contributed by atoms with Crippen molar-refractivity contribution in [2.24, 2.45) is 0 Å². The maximum Gasteiger partial charge on any atom is 0.237 e. The molecule has 2 N–H and O–H groups in total. The van der Waals surface area contributed by atoms with Gasteiger partial charge in [-0.3, -0.25) is 4.79 Å². The highest BCUT2D eigenvalue weighted by atomic mass is 16.5. The van der Waals surface area contributed by atoms with Crippen molar-refractivity contribution in [3.8, 4) is 0 Å². The maximum atomic E-state index is 11.5. The quantitative estimate of drug-likeness (QED) is 0.665. The van der Waals surface area contributed by atoms with E-state index in [2.05, 4.69) is 10.6 Å². The molecular formula is C11H24N2O2. The van der Waals surface area contributed by atoms with Crippen LogP contribution >= 0.6 is 0 Å². The molecule has 0 aliphatic carbocycles. The summed E-state index contributed by atoms with van der Waals surface area (Å²) in [4.78, 5) is 11.5. The number of carbonyl (C=O) groups is 1. The van der Waals surface area contributed by atoms with Gasteiger partial charge in [0.25, 0.3) is 0 Å². The molecule has 0 saturated carbocycles. The van der Waals surface area contributed by atoms with Crippen LogP contribution in [0.2, 0.25) is 0 Å². The number of hydrogen-bond acceptors (Lipinski definition) is 3. The molecule has 4 heteroatoms. The number of ether oxygens (including phenoxy) is 1. The van der Waals surface area contributed by atoms with E-state index in [4.69, 9.17) is 4.74 Å². The van der Waals surface area contributed by atoms with Gasteiger partial charge in [0, 0.05) is 18.7 Å². The summed E-state index contributed by atoms with van der Waals surface area (Å²) in [6, 6.07) is 0.199. The van der Waals surface area contributed by atoms with E-state index in [0.29, 0.717) is 13.2 Å². The highest BCUT2D eigenvalue weighted by molar-refractivity contribution is 5.81. The third-order valence-electron chi connectivity index (χ3n) is 1.93. The molecule has 0 aromatic rings. The molecule has 0 rings (SSSR count). The number of nitrogens with one attached hydrogen (secondary N) is 2. The molecule has 2 atom stereocenters. The van der Waals surface area contributed by atoms with Crippen LogP contribution < -0.4 is 10.6 Å². The van der Waals surface area contributed by atoms with Crippen LogP contribution in [-0.4, -0.2) is 37.2 Å². The van der Waals surface area contributed by atoms with Crippen LogP contribution in [0.25, 0.3) is 0 Å². The lowest BCUT2D eigenvalue weighted by Crippen LogP contribution is -2.48. The zero-order valence-corrected chi connectivity index (χ0v) is 10.5. The zero-order valence-electron chi connectivity index (χ0n) is 10.5. The first-order valence-corrected chi connectivity index (χ1v) is 5.61. The van der Waals surface area contributed by atoms with Crippen LogP contribution in [0.5, 0.6) is 0 Å². The Hall–Kier alpha value is -0.610. The van der Waals surface area contributed by atoms with E-state index in [1.54, 1.807) is 0 Å². The molecule has 0 aliphatic heterocycles. The van der Waals surface area contributed by atoms with Crippen LogP contribution in [-0.2, 0) is 9.53 Å². The van der Waals surface area contributed by atoms with Crippen LogP contribution in [0.4, 0.5) is 0 Å². The number of carbonyl (C=O) groups excluding carboxylic acids is 1. The monoisotopic (exact) mass is 216 g/mol. The molecule has 0 bridgehead atoms. The van der Waals surface area contributed by atoms with Gasteiger partial charge in [0.1, 0.15) is 0 Å². The van der Waals surface area contributed by atoms with E-state index >= 15 is 0 Å². The van der Waals surface area contributed by atoms with Gasteiger partial charge >= 0.3 is 0 Å². The molecule has 1 amide bonds. The van der Waals surface area contributed by atoms with Crippen molar-refractivity contribution in [3.05, 3.63) is 0 Å². The molecule has 0 radical (unpaired) electrons. The van der Waals surface area contributed by atoms with Crippen molar-refractivity contribution in [1.82, 2.24) is 10.6 Å². The molecule has 0 spiro atoms. The van der Waals surface area contributed by atoms with E-state index in [1.807, 2.05) is 34.6 Å². The Kier molecular flexibility index (Phi) is 7.34. The molecule has 0 fully saturated rings. The van der Waals surface area contributed by atoms with Crippen molar-refractivity contribution in [2.45, 2.75) is 52.7 Å². The molecule has 0 saturated heterocycles. The van der Waals surface area contributed by atoms with Gasteiger partial charge in [0.15, 0.2) is 0 Å². The fourth-order valence-corrected chi connectivity index (χ4v) is 1.25. The first kappa shape index (κ1) is 14.4. The molecule has 0 aromatic heterocycles. The molecule has 0 aromatic carbocycles. The summed E-state index contributed by atoms with van der Waals surface area (Å²) >= 11 is 0. The lowest BCUT2D eigenvalue weighted by molar-refractivity contribution is -0.123. The van der Waals surface area contributed by atoms with Crippen molar-refractivity contribution in [1.29, 1.82) is 0 Å².